The summed E-state index contributed by atoms with van der Waals surface area (Å²) in [4.78, 5) is 14.3. The molecule has 2 rings (SSSR count). The average molecular weight is 357 g/mol. The highest BCUT2D eigenvalue weighted by Crippen LogP contribution is 2.15. The molecule has 134 valence electrons. The fraction of sp³-hybridized carbons (Fsp3) is 0.381. The second-order valence-corrected chi connectivity index (χ2v) is 7.01. The zero-order valence-electron chi connectivity index (χ0n) is 15.2. The van der Waals surface area contributed by atoms with Crippen molar-refractivity contribution >= 4 is 23.4 Å². The minimum Gasteiger partial charge on any atom is -0.372 e. The highest BCUT2D eigenvalue weighted by Gasteiger charge is 2.04. The van der Waals surface area contributed by atoms with Crippen LogP contribution in [0.1, 0.15) is 31.4 Å². The number of benzene rings is 2. The molecule has 0 bridgehead atoms. The van der Waals surface area contributed by atoms with Crippen LogP contribution in [0.2, 0.25) is 0 Å². The van der Waals surface area contributed by atoms with Crippen molar-refractivity contribution in [3.8, 4) is 0 Å². The van der Waals surface area contributed by atoms with Crippen LogP contribution in [0.3, 0.4) is 0 Å². The molecule has 0 saturated carbocycles. The fourth-order valence-electron chi connectivity index (χ4n) is 2.63. The summed E-state index contributed by atoms with van der Waals surface area (Å²) in [5.41, 5.74) is 3.68. The molecular weight excluding hydrogens is 328 g/mol. The molecule has 1 N–H and O–H groups in total. The van der Waals surface area contributed by atoms with Crippen molar-refractivity contribution in [1.82, 2.24) is 5.32 Å². The summed E-state index contributed by atoms with van der Waals surface area (Å²) in [5, 5.41) is 3.01. The molecule has 0 unspecified atom stereocenters. The lowest BCUT2D eigenvalue weighted by Gasteiger charge is -2.21. The zero-order chi connectivity index (χ0) is 17.9. The molecule has 2 aromatic rings. The van der Waals surface area contributed by atoms with Crippen molar-refractivity contribution in [1.29, 1.82) is 0 Å². The van der Waals surface area contributed by atoms with Crippen molar-refractivity contribution < 1.29 is 4.79 Å². The van der Waals surface area contributed by atoms with E-state index in [2.05, 4.69) is 60.5 Å². The summed E-state index contributed by atoms with van der Waals surface area (Å²) >= 11 is 1.80. The SMILES string of the molecule is CCN(CC)c1ccc(CNC(=O)CCSCc2ccccc2)cc1. The summed E-state index contributed by atoms with van der Waals surface area (Å²) in [7, 11) is 0. The van der Waals surface area contributed by atoms with Crippen LogP contribution in [0.5, 0.6) is 0 Å². The molecule has 0 aromatic heterocycles. The highest BCUT2D eigenvalue weighted by atomic mass is 32.2. The van der Waals surface area contributed by atoms with Gasteiger partial charge in [0.05, 0.1) is 0 Å². The number of thioether (sulfide) groups is 1. The number of carbonyl (C=O) groups excluding carboxylic acids is 1. The maximum Gasteiger partial charge on any atom is 0.221 e. The Bertz CT molecular complexity index is 624. The number of nitrogens with one attached hydrogen (secondary N) is 1. The number of amides is 1. The lowest BCUT2D eigenvalue weighted by Crippen LogP contribution is -2.23. The third kappa shape index (κ3) is 6.83. The first-order valence-corrected chi connectivity index (χ1v) is 10.1. The van der Waals surface area contributed by atoms with Crippen LogP contribution in [-0.2, 0) is 17.1 Å². The Balaban J connectivity index is 1.66. The number of hydrogen-bond donors (Lipinski definition) is 1. The van der Waals surface area contributed by atoms with Gasteiger partial charge in [-0.3, -0.25) is 4.79 Å². The van der Waals surface area contributed by atoms with E-state index < -0.39 is 0 Å². The Hall–Kier alpha value is -1.94. The van der Waals surface area contributed by atoms with E-state index in [-0.39, 0.29) is 5.91 Å². The van der Waals surface area contributed by atoms with Gasteiger partial charge in [0, 0.05) is 43.2 Å². The molecule has 3 nitrogen and oxygen atoms in total. The first kappa shape index (κ1) is 19.4. The minimum absolute atomic E-state index is 0.119. The molecular formula is C21H28N2OS. The van der Waals surface area contributed by atoms with E-state index in [1.54, 1.807) is 11.8 Å². The van der Waals surface area contributed by atoms with Gasteiger partial charge in [-0.1, -0.05) is 42.5 Å². The van der Waals surface area contributed by atoms with Gasteiger partial charge < -0.3 is 10.2 Å². The lowest BCUT2D eigenvalue weighted by atomic mass is 10.2. The van der Waals surface area contributed by atoms with Crippen molar-refractivity contribution in [3.05, 3.63) is 65.7 Å². The van der Waals surface area contributed by atoms with Gasteiger partial charge in [0.25, 0.3) is 0 Å². The molecule has 2 aromatic carbocycles. The molecule has 4 heteroatoms. The number of anilines is 1. The van der Waals surface area contributed by atoms with Gasteiger partial charge in [-0.2, -0.15) is 11.8 Å². The summed E-state index contributed by atoms with van der Waals surface area (Å²) in [6.45, 7) is 6.93. The molecule has 0 aliphatic heterocycles. The average Bonchev–Trinajstić information content (AvgIpc) is 2.66. The summed E-state index contributed by atoms with van der Waals surface area (Å²) in [6, 6.07) is 18.8. The van der Waals surface area contributed by atoms with Crippen LogP contribution < -0.4 is 10.2 Å². The van der Waals surface area contributed by atoms with Crippen LogP contribution in [-0.4, -0.2) is 24.7 Å². The lowest BCUT2D eigenvalue weighted by molar-refractivity contribution is -0.120. The molecule has 1 amide bonds. The molecule has 0 fully saturated rings. The molecule has 0 radical (unpaired) electrons. The normalized spacial score (nSPS) is 10.5. The number of rotatable bonds is 10. The Morgan fingerprint density at radius 2 is 1.64 bits per heavy atom. The third-order valence-electron chi connectivity index (χ3n) is 4.14. The van der Waals surface area contributed by atoms with E-state index >= 15 is 0 Å². The van der Waals surface area contributed by atoms with Crippen molar-refractivity contribution in [2.75, 3.05) is 23.7 Å². The second kappa shape index (κ2) is 10.8. The molecule has 0 saturated heterocycles. The van der Waals surface area contributed by atoms with Crippen LogP contribution in [0.15, 0.2) is 54.6 Å². The smallest absolute Gasteiger partial charge is 0.221 e. The first-order chi connectivity index (χ1) is 12.2. The van der Waals surface area contributed by atoms with E-state index in [0.29, 0.717) is 13.0 Å². The van der Waals surface area contributed by atoms with Crippen LogP contribution >= 0.6 is 11.8 Å². The Kier molecular flexibility index (Phi) is 8.40. The largest absolute Gasteiger partial charge is 0.372 e. The third-order valence-corrected chi connectivity index (χ3v) is 5.17. The maximum atomic E-state index is 12.0. The topological polar surface area (TPSA) is 32.3 Å². The highest BCUT2D eigenvalue weighted by molar-refractivity contribution is 7.98. The van der Waals surface area contributed by atoms with Gasteiger partial charge in [-0.05, 0) is 37.1 Å². The van der Waals surface area contributed by atoms with Crippen molar-refractivity contribution in [2.45, 2.75) is 32.6 Å². The number of hydrogen-bond acceptors (Lipinski definition) is 3. The standard InChI is InChI=1S/C21H28N2OS/c1-3-23(4-2)20-12-10-18(11-13-20)16-22-21(24)14-15-25-17-19-8-6-5-7-9-19/h5-13H,3-4,14-17H2,1-2H3,(H,22,24). The maximum absolute atomic E-state index is 12.0. The van der Waals surface area contributed by atoms with E-state index in [0.717, 1.165) is 30.2 Å². The van der Waals surface area contributed by atoms with E-state index in [1.807, 2.05) is 18.2 Å². The van der Waals surface area contributed by atoms with E-state index in [4.69, 9.17) is 0 Å². The number of nitrogens with zero attached hydrogens (tertiary/aromatic N) is 1. The quantitative estimate of drug-likeness (QED) is 0.637. The minimum atomic E-state index is 0.119. The molecule has 25 heavy (non-hydrogen) atoms. The van der Waals surface area contributed by atoms with Gasteiger partial charge in [-0.25, -0.2) is 0 Å². The van der Waals surface area contributed by atoms with Gasteiger partial charge in [0.1, 0.15) is 0 Å². The van der Waals surface area contributed by atoms with Gasteiger partial charge in [-0.15, -0.1) is 0 Å². The van der Waals surface area contributed by atoms with E-state index in [9.17, 15) is 4.79 Å². The summed E-state index contributed by atoms with van der Waals surface area (Å²) < 4.78 is 0. The van der Waals surface area contributed by atoms with Crippen LogP contribution in [0, 0.1) is 0 Å². The molecule has 0 heterocycles. The van der Waals surface area contributed by atoms with Gasteiger partial charge in [0.2, 0.25) is 5.91 Å². The first-order valence-electron chi connectivity index (χ1n) is 8.95. The fourth-order valence-corrected chi connectivity index (χ4v) is 3.53. The predicted octanol–water partition coefficient (Wildman–Crippen LogP) is 4.47. The van der Waals surface area contributed by atoms with Gasteiger partial charge in [0.15, 0.2) is 0 Å². The molecule has 0 atom stereocenters. The predicted molar refractivity (Wildman–Crippen MR) is 109 cm³/mol. The van der Waals surface area contributed by atoms with Crippen molar-refractivity contribution in [2.24, 2.45) is 0 Å². The second-order valence-electron chi connectivity index (χ2n) is 5.90. The van der Waals surface area contributed by atoms with Crippen LogP contribution in [0.25, 0.3) is 0 Å². The Morgan fingerprint density at radius 3 is 2.28 bits per heavy atom. The molecule has 0 aliphatic carbocycles. The van der Waals surface area contributed by atoms with Crippen LogP contribution in [0.4, 0.5) is 5.69 Å². The Labute approximate surface area is 155 Å². The van der Waals surface area contributed by atoms with Gasteiger partial charge >= 0.3 is 0 Å². The summed E-state index contributed by atoms with van der Waals surface area (Å²) in [5.74, 6) is 1.93. The molecule has 0 spiro atoms. The van der Waals surface area contributed by atoms with Crippen molar-refractivity contribution in [3.63, 3.8) is 0 Å². The monoisotopic (exact) mass is 356 g/mol. The zero-order valence-corrected chi connectivity index (χ0v) is 16.0. The molecule has 0 aliphatic rings. The Morgan fingerprint density at radius 1 is 0.960 bits per heavy atom. The number of carbonyl (C=O) groups is 1. The van der Waals surface area contributed by atoms with E-state index in [1.165, 1.54) is 11.3 Å². The summed E-state index contributed by atoms with van der Waals surface area (Å²) in [6.07, 6.45) is 0.565.